The van der Waals surface area contributed by atoms with Gasteiger partial charge in [-0.3, -0.25) is 0 Å². The van der Waals surface area contributed by atoms with E-state index in [1.165, 1.54) is 14.2 Å². The smallest absolute Gasteiger partial charge is 0.368 e. The van der Waals surface area contributed by atoms with Crippen LogP contribution in [-0.2, 0) is 13.7 Å². The number of hydrogen-bond acceptors (Lipinski definition) is 6. The third-order valence-electron chi connectivity index (χ3n) is 5.39. The summed E-state index contributed by atoms with van der Waals surface area (Å²) >= 11 is 1.71. The molecule has 0 fully saturated rings. The highest BCUT2D eigenvalue weighted by molar-refractivity contribution is 7.11. The Morgan fingerprint density at radius 1 is 1.00 bits per heavy atom. The Balaban J connectivity index is 1.66. The summed E-state index contributed by atoms with van der Waals surface area (Å²) in [6, 6.07) is 9.95. The molecule has 31 heavy (non-hydrogen) atoms. The van der Waals surface area contributed by atoms with Crippen LogP contribution in [0.2, 0.25) is 0 Å². The first-order chi connectivity index (χ1) is 14.8. The molecule has 160 valence electrons. The van der Waals surface area contributed by atoms with Gasteiger partial charge in [0.1, 0.15) is 12.4 Å². The molecule has 0 bridgehead atoms. The minimum absolute atomic E-state index is 0.294. The molecule has 8 heteroatoms. The lowest BCUT2D eigenvalue weighted by atomic mass is 10.0. The Labute approximate surface area is 184 Å². The largest absolute Gasteiger partial charge is 0.489 e. The molecule has 0 saturated heterocycles. The standard InChI is InChI=1S/C23H25N5O2S/c1-13-8-7-9-20(28-23(29)27(6)25-26-28)19(13)12-30-21-11-14(2)18(10-15(21)3)22-16(4)31-17(5)24-22/h7-11H,12H2,1-6H3. The number of benzene rings is 2. The van der Waals surface area contributed by atoms with Gasteiger partial charge < -0.3 is 4.74 Å². The van der Waals surface area contributed by atoms with Gasteiger partial charge in [-0.25, -0.2) is 9.78 Å². The molecule has 2 heterocycles. The fraction of sp³-hybridized carbons (Fsp3) is 0.304. The van der Waals surface area contributed by atoms with Gasteiger partial charge in [-0.05, 0) is 79.9 Å². The van der Waals surface area contributed by atoms with Gasteiger partial charge in [0.25, 0.3) is 0 Å². The molecule has 0 spiro atoms. The number of aromatic nitrogens is 5. The molecule has 0 radical (unpaired) electrons. The summed E-state index contributed by atoms with van der Waals surface area (Å²) in [6.45, 7) is 10.6. The van der Waals surface area contributed by atoms with Gasteiger partial charge >= 0.3 is 5.69 Å². The summed E-state index contributed by atoms with van der Waals surface area (Å²) in [5, 5.41) is 8.88. The molecule has 0 amide bonds. The minimum atomic E-state index is -0.294. The van der Waals surface area contributed by atoms with Crippen molar-refractivity contribution in [3.8, 4) is 22.7 Å². The molecule has 2 aromatic carbocycles. The van der Waals surface area contributed by atoms with Crippen molar-refractivity contribution < 1.29 is 4.74 Å². The first kappa shape index (κ1) is 21.0. The lowest BCUT2D eigenvalue weighted by Gasteiger charge is -2.16. The third-order valence-corrected chi connectivity index (χ3v) is 6.27. The van der Waals surface area contributed by atoms with E-state index in [0.29, 0.717) is 12.3 Å². The van der Waals surface area contributed by atoms with Crippen LogP contribution in [0.4, 0.5) is 0 Å². The van der Waals surface area contributed by atoms with Crippen molar-refractivity contribution in [3.63, 3.8) is 0 Å². The average Bonchev–Trinajstić information content (AvgIpc) is 3.23. The highest BCUT2D eigenvalue weighted by Crippen LogP contribution is 2.34. The Bertz CT molecular complexity index is 1330. The molecule has 0 atom stereocenters. The van der Waals surface area contributed by atoms with Crippen molar-refractivity contribution in [1.82, 2.24) is 24.8 Å². The zero-order chi connectivity index (χ0) is 22.3. The number of aryl methyl sites for hydroxylation is 6. The van der Waals surface area contributed by atoms with Gasteiger partial charge in [-0.2, -0.15) is 9.36 Å². The van der Waals surface area contributed by atoms with Gasteiger partial charge in [-0.1, -0.05) is 12.1 Å². The summed E-state index contributed by atoms with van der Waals surface area (Å²) < 4.78 is 8.75. The predicted octanol–water partition coefficient (Wildman–Crippen LogP) is 4.21. The van der Waals surface area contributed by atoms with E-state index in [0.717, 1.165) is 44.3 Å². The summed E-state index contributed by atoms with van der Waals surface area (Å²) in [5.41, 5.74) is 6.63. The Kier molecular flexibility index (Phi) is 5.49. The van der Waals surface area contributed by atoms with E-state index in [4.69, 9.17) is 9.72 Å². The average molecular weight is 436 g/mol. The molecule has 0 aliphatic rings. The molecular weight excluding hydrogens is 410 g/mol. The molecule has 0 N–H and O–H groups in total. The van der Waals surface area contributed by atoms with Crippen LogP contribution in [0.3, 0.4) is 0 Å². The van der Waals surface area contributed by atoms with Crippen molar-refractivity contribution in [1.29, 1.82) is 0 Å². The molecule has 7 nitrogen and oxygen atoms in total. The van der Waals surface area contributed by atoms with E-state index in [1.54, 1.807) is 18.4 Å². The highest BCUT2D eigenvalue weighted by Gasteiger charge is 2.16. The maximum Gasteiger partial charge on any atom is 0.368 e. The van der Waals surface area contributed by atoms with Crippen LogP contribution >= 0.6 is 11.3 Å². The summed E-state index contributed by atoms with van der Waals surface area (Å²) in [7, 11) is 1.58. The van der Waals surface area contributed by atoms with Crippen LogP contribution in [0.25, 0.3) is 16.9 Å². The van der Waals surface area contributed by atoms with Crippen LogP contribution in [0.5, 0.6) is 5.75 Å². The van der Waals surface area contributed by atoms with Gasteiger partial charge in [0.05, 0.1) is 16.4 Å². The van der Waals surface area contributed by atoms with E-state index < -0.39 is 0 Å². The lowest BCUT2D eigenvalue weighted by Crippen LogP contribution is -2.23. The van der Waals surface area contributed by atoms with Crippen molar-refractivity contribution in [2.45, 2.75) is 41.2 Å². The van der Waals surface area contributed by atoms with Gasteiger partial charge in [0, 0.05) is 23.1 Å². The highest BCUT2D eigenvalue weighted by atomic mass is 32.1. The number of rotatable bonds is 5. The summed E-state index contributed by atoms with van der Waals surface area (Å²) in [4.78, 5) is 18.3. The molecule has 0 saturated carbocycles. The Morgan fingerprint density at radius 3 is 2.42 bits per heavy atom. The van der Waals surface area contributed by atoms with E-state index in [9.17, 15) is 4.79 Å². The topological polar surface area (TPSA) is 74.8 Å². The monoisotopic (exact) mass is 435 g/mol. The number of tetrazole rings is 1. The zero-order valence-corrected chi connectivity index (χ0v) is 19.4. The maximum absolute atomic E-state index is 12.4. The summed E-state index contributed by atoms with van der Waals surface area (Å²) in [6.07, 6.45) is 0. The lowest BCUT2D eigenvalue weighted by molar-refractivity contribution is 0.302. The van der Waals surface area contributed by atoms with E-state index >= 15 is 0 Å². The minimum Gasteiger partial charge on any atom is -0.489 e. The van der Waals surface area contributed by atoms with Crippen LogP contribution in [-0.4, -0.2) is 24.8 Å². The van der Waals surface area contributed by atoms with E-state index in [-0.39, 0.29) is 5.69 Å². The molecule has 0 aliphatic heterocycles. The molecule has 4 rings (SSSR count). The number of nitrogens with zero attached hydrogens (tertiary/aromatic N) is 5. The van der Waals surface area contributed by atoms with Crippen molar-refractivity contribution in [2.75, 3.05) is 0 Å². The fourth-order valence-corrected chi connectivity index (χ4v) is 4.50. The summed E-state index contributed by atoms with van der Waals surface area (Å²) in [5.74, 6) is 0.812. The third kappa shape index (κ3) is 3.90. The van der Waals surface area contributed by atoms with Gasteiger partial charge in [-0.15, -0.1) is 11.3 Å². The van der Waals surface area contributed by atoms with Gasteiger partial charge in [0.15, 0.2) is 0 Å². The molecule has 0 unspecified atom stereocenters. The molecular formula is C23H25N5O2S. The fourth-order valence-electron chi connectivity index (χ4n) is 3.67. The van der Waals surface area contributed by atoms with E-state index in [1.807, 2.05) is 39.0 Å². The number of hydrogen-bond donors (Lipinski definition) is 0. The number of thiazole rings is 1. The van der Waals surface area contributed by atoms with E-state index in [2.05, 4.69) is 36.4 Å². The normalized spacial score (nSPS) is 11.2. The van der Waals surface area contributed by atoms with Crippen molar-refractivity contribution >= 4 is 11.3 Å². The van der Waals surface area contributed by atoms with Crippen LogP contribution in [0.15, 0.2) is 35.1 Å². The van der Waals surface area contributed by atoms with Crippen LogP contribution < -0.4 is 10.4 Å². The van der Waals surface area contributed by atoms with Crippen molar-refractivity contribution in [3.05, 3.63) is 73.0 Å². The Hall–Kier alpha value is -3.26. The SMILES string of the molecule is Cc1nc(-c2cc(C)c(OCc3c(C)cccc3-n3nnn(C)c3=O)cc2C)c(C)s1. The van der Waals surface area contributed by atoms with Crippen LogP contribution in [0, 0.1) is 34.6 Å². The predicted molar refractivity (Wildman–Crippen MR) is 122 cm³/mol. The van der Waals surface area contributed by atoms with Crippen LogP contribution in [0.1, 0.15) is 32.1 Å². The second-order valence-electron chi connectivity index (χ2n) is 7.73. The molecule has 0 aliphatic carbocycles. The Morgan fingerprint density at radius 2 is 1.77 bits per heavy atom. The van der Waals surface area contributed by atoms with Crippen molar-refractivity contribution in [2.24, 2.45) is 7.05 Å². The second kappa shape index (κ2) is 8.11. The van der Waals surface area contributed by atoms with Gasteiger partial charge in [0.2, 0.25) is 0 Å². The molecule has 2 aromatic heterocycles. The molecule has 4 aromatic rings. The number of ether oxygens (including phenoxy) is 1. The quantitative estimate of drug-likeness (QED) is 0.469. The first-order valence-corrected chi connectivity index (χ1v) is 10.8. The maximum atomic E-state index is 12.4. The first-order valence-electron chi connectivity index (χ1n) is 10.0. The zero-order valence-electron chi connectivity index (χ0n) is 18.6. The second-order valence-corrected chi connectivity index (χ2v) is 9.14.